The zero-order valence-corrected chi connectivity index (χ0v) is 15.6. The van der Waals surface area contributed by atoms with Crippen LogP contribution in [0.4, 0.5) is 10.1 Å². The molecule has 0 saturated carbocycles. The summed E-state index contributed by atoms with van der Waals surface area (Å²) >= 11 is 0. The standard InChI is InChI=1S/C21H24FN3O2/c1-21(2,16-5-7-17(22)8-6-16)20(27)25-13-11-24(12-14-25)19(26)15-3-9-18(23)10-4-15/h3-10H,11-14,23H2,1-2H3. The van der Waals surface area contributed by atoms with E-state index in [0.29, 0.717) is 37.4 Å². The van der Waals surface area contributed by atoms with Gasteiger partial charge in [0.25, 0.3) is 5.91 Å². The average Bonchev–Trinajstić information content (AvgIpc) is 2.68. The van der Waals surface area contributed by atoms with Crippen molar-refractivity contribution in [1.82, 2.24) is 9.80 Å². The molecule has 5 nitrogen and oxygen atoms in total. The van der Waals surface area contributed by atoms with Crippen molar-refractivity contribution in [3.8, 4) is 0 Å². The van der Waals surface area contributed by atoms with Gasteiger partial charge >= 0.3 is 0 Å². The molecule has 0 aromatic heterocycles. The van der Waals surface area contributed by atoms with Crippen LogP contribution in [0.3, 0.4) is 0 Å². The Kier molecular flexibility index (Phi) is 5.17. The maximum Gasteiger partial charge on any atom is 0.253 e. The Morgan fingerprint density at radius 2 is 1.41 bits per heavy atom. The molecule has 1 heterocycles. The molecule has 2 N–H and O–H groups in total. The fraction of sp³-hybridized carbons (Fsp3) is 0.333. The van der Waals surface area contributed by atoms with Gasteiger partial charge in [-0.05, 0) is 55.8 Å². The molecule has 1 saturated heterocycles. The van der Waals surface area contributed by atoms with Gasteiger partial charge in [0.05, 0.1) is 5.41 Å². The van der Waals surface area contributed by atoms with E-state index in [4.69, 9.17) is 5.73 Å². The number of halogens is 1. The first-order chi connectivity index (χ1) is 12.8. The van der Waals surface area contributed by atoms with Crippen LogP contribution in [-0.2, 0) is 10.2 Å². The number of nitrogens with two attached hydrogens (primary N) is 1. The molecule has 0 spiro atoms. The third-order valence-electron chi connectivity index (χ3n) is 5.11. The van der Waals surface area contributed by atoms with Gasteiger partial charge in [-0.25, -0.2) is 4.39 Å². The second-order valence-electron chi connectivity index (χ2n) is 7.34. The number of rotatable bonds is 3. The number of amides is 2. The Hall–Kier alpha value is -2.89. The lowest BCUT2D eigenvalue weighted by Crippen LogP contribution is -2.54. The van der Waals surface area contributed by atoms with Crippen molar-refractivity contribution in [1.29, 1.82) is 0 Å². The van der Waals surface area contributed by atoms with Gasteiger partial charge < -0.3 is 15.5 Å². The van der Waals surface area contributed by atoms with Crippen molar-refractivity contribution < 1.29 is 14.0 Å². The van der Waals surface area contributed by atoms with Crippen LogP contribution in [0, 0.1) is 5.82 Å². The molecular formula is C21H24FN3O2. The third kappa shape index (κ3) is 3.94. The summed E-state index contributed by atoms with van der Waals surface area (Å²) in [4.78, 5) is 29.1. The van der Waals surface area contributed by atoms with E-state index in [-0.39, 0.29) is 17.6 Å². The monoisotopic (exact) mass is 369 g/mol. The van der Waals surface area contributed by atoms with Crippen LogP contribution in [0.1, 0.15) is 29.8 Å². The van der Waals surface area contributed by atoms with Crippen LogP contribution in [0.2, 0.25) is 0 Å². The van der Waals surface area contributed by atoms with Gasteiger partial charge in [0.15, 0.2) is 0 Å². The highest BCUT2D eigenvalue weighted by molar-refractivity contribution is 5.95. The van der Waals surface area contributed by atoms with E-state index in [0.717, 1.165) is 5.56 Å². The molecule has 3 rings (SSSR count). The topological polar surface area (TPSA) is 66.6 Å². The van der Waals surface area contributed by atoms with E-state index in [1.807, 2.05) is 13.8 Å². The Balaban J connectivity index is 1.64. The lowest BCUT2D eigenvalue weighted by atomic mass is 9.83. The van der Waals surface area contributed by atoms with Gasteiger partial charge in [0.1, 0.15) is 5.82 Å². The summed E-state index contributed by atoms with van der Waals surface area (Å²) in [6.07, 6.45) is 0. The molecule has 1 aliphatic heterocycles. The fourth-order valence-corrected chi connectivity index (χ4v) is 3.31. The van der Waals surface area contributed by atoms with Crippen molar-refractivity contribution in [2.45, 2.75) is 19.3 Å². The molecule has 0 atom stereocenters. The Morgan fingerprint density at radius 3 is 1.96 bits per heavy atom. The molecule has 27 heavy (non-hydrogen) atoms. The predicted octanol–water partition coefficient (Wildman–Crippen LogP) is 2.67. The molecule has 1 aliphatic rings. The number of carbonyl (C=O) groups excluding carboxylic acids is 2. The van der Waals surface area contributed by atoms with E-state index in [2.05, 4.69) is 0 Å². The smallest absolute Gasteiger partial charge is 0.253 e. The molecule has 2 amide bonds. The van der Waals surface area contributed by atoms with Crippen LogP contribution >= 0.6 is 0 Å². The molecule has 0 aliphatic carbocycles. The normalized spacial score (nSPS) is 14.9. The highest BCUT2D eigenvalue weighted by Crippen LogP contribution is 2.26. The summed E-state index contributed by atoms with van der Waals surface area (Å²) in [7, 11) is 0. The second kappa shape index (κ2) is 7.39. The Bertz CT molecular complexity index is 824. The number of benzene rings is 2. The molecule has 1 fully saturated rings. The first kappa shape index (κ1) is 18.9. The number of nitrogens with zero attached hydrogens (tertiary/aromatic N) is 2. The molecule has 2 aromatic rings. The van der Waals surface area contributed by atoms with Gasteiger partial charge in [-0.15, -0.1) is 0 Å². The quantitative estimate of drug-likeness (QED) is 0.846. The minimum atomic E-state index is -0.753. The number of hydrogen-bond donors (Lipinski definition) is 1. The van der Waals surface area contributed by atoms with Crippen molar-refractivity contribution in [3.05, 3.63) is 65.5 Å². The van der Waals surface area contributed by atoms with E-state index >= 15 is 0 Å². The molecular weight excluding hydrogens is 345 g/mol. The molecule has 2 aromatic carbocycles. The van der Waals surface area contributed by atoms with Crippen molar-refractivity contribution in [2.24, 2.45) is 0 Å². The highest BCUT2D eigenvalue weighted by atomic mass is 19.1. The molecule has 0 unspecified atom stereocenters. The minimum Gasteiger partial charge on any atom is -0.399 e. The SMILES string of the molecule is CC(C)(C(=O)N1CCN(C(=O)c2ccc(N)cc2)CC1)c1ccc(F)cc1. The lowest BCUT2D eigenvalue weighted by Gasteiger charge is -2.38. The van der Waals surface area contributed by atoms with E-state index in [1.54, 1.807) is 46.2 Å². The van der Waals surface area contributed by atoms with Crippen LogP contribution in [0.25, 0.3) is 0 Å². The van der Waals surface area contributed by atoms with Crippen LogP contribution in [0.5, 0.6) is 0 Å². The zero-order valence-electron chi connectivity index (χ0n) is 15.6. The largest absolute Gasteiger partial charge is 0.399 e. The van der Waals surface area contributed by atoms with Crippen molar-refractivity contribution in [2.75, 3.05) is 31.9 Å². The van der Waals surface area contributed by atoms with Gasteiger partial charge in [0.2, 0.25) is 5.91 Å². The lowest BCUT2D eigenvalue weighted by molar-refractivity contribution is -0.137. The summed E-state index contributed by atoms with van der Waals surface area (Å²) in [6, 6.07) is 12.9. The molecule has 0 bridgehead atoms. The second-order valence-corrected chi connectivity index (χ2v) is 7.34. The summed E-state index contributed by atoms with van der Waals surface area (Å²) in [5.41, 5.74) is 6.89. The fourth-order valence-electron chi connectivity index (χ4n) is 3.31. The number of hydrogen-bond acceptors (Lipinski definition) is 3. The maximum absolute atomic E-state index is 13.2. The number of carbonyl (C=O) groups is 2. The van der Waals surface area contributed by atoms with Gasteiger partial charge in [-0.3, -0.25) is 9.59 Å². The minimum absolute atomic E-state index is 0.0197. The summed E-state index contributed by atoms with van der Waals surface area (Å²) in [6.45, 7) is 5.60. The predicted molar refractivity (Wildman–Crippen MR) is 103 cm³/mol. The molecule has 0 radical (unpaired) electrons. The number of anilines is 1. The third-order valence-corrected chi connectivity index (χ3v) is 5.11. The first-order valence-corrected chi connectivity index (χ1v) is 8.99. The van der Waals surface area contributed by atoms with Crippen LogP contribution in [-0.4, -0.2) is 47.8 Å². The van der Waals surface area contributed by atoms with E-state index in [1.165, 1.54) is 12.1 Å². The van der Waals surface area contributed by atoms with E-state index < -0.39 is 5.41 Å². The van der Waals surface area contributed by atoms with Crippen LogP contribution < -0.4 is 5.73 Å². The first-order valence-electron chi connectivity index (χ1n) is 8.99. The maximum atomic E-state index is 13.2. The number of nitrogen functional groups attached to an aromatic ring is 1. The van der Waals surface area contributed by atoms with Crippen LogP contribution in [0.15, 0.2) is 48.5 Å². The highest BCUT2D eigenvalue weighted by Gasteiger charge is 2.35. The summed E-state index contributed by atoms with van der Waals surface area (Å²) < 4.78 is 13.2. The molecule has 6 heteroatoms. The van der Waals surface area contributed by atoms with Gasteiger partial charge in [-0.1, -0.05) is 12.1 Å². The Labute approximate surface area is 158 Å². The van der Waals surface area contributed by atoms with Gasteiger partial charge in [-0.2, -0.15) is 0 Å². The van der Waals surface area contributed by atoms with E-state index in [9.17, 15) is 14.0 Å². The zero-order chi connectivity index (χ0) is 19.6. The molecule has 142 valence electrons. The summed E-state index contributed by atoms with van der Waals surface area (Å²) in [5.74, 6) is -0.398. The average molecular weight is 369 g/mol. The Morgan fingerprint density at radius 1 is 0.889 bits per heavy atom. The number of piperazine rings is 1. The van der Waals surface area contributed by atoms with Gasteiger partial charge in [0, 0.05) is 37.4 Å². The van der Waals surface area contributed by atoms with Crippen molar-refractivity contribution in [3.63, 3.8) is 0 Å². The summed E-state index contributed by atoms with van der Waals surface area (Å²) in [5, 5.41) is 0. The van der Waals surface area contributed by atoms with Crippen molar-refractivity contribution >= 4 is 17.5 Å².